The third-order valence-electron chi connectivity index (χ3n) is 6.49. The predicted octanol–water partition coefficient (Wildman–Crippen LogP) is 7.95. The lowest BCUT2D eigenvalue weighted by Gasteiger charge is -2.27. The zero-order valence-corrected chi connectivity index (χ0v) is 17.4. The molecule has 3 rings (SSSR count). The standard InChI is InChI=1S/C26H37N/c1-3-5-6-7-8-9-22-12-14-23(15-13-22)25-18-19-26(27-20-25)24-16-10-21(4-2)11-17-24/h12-15,18-21,24H,3-11,16-17H2,1-2H3. The topological polar surface area (TPSA) is 12.9 Å². The molecular weight excluding hydrogens is 326 g/mol. The minimum absolute atomic E-state index is 0.678. The summed E-state index contributed by atoms with van der Waals surface area (Å²) in [5.41, 5.74) is 5.30. The Morgan fingerprint density at radius 1 is 0.778 bits per heavy atom. The maximum Gasteiger partial charge on any atom is 0.0434 e. The molecule has 0 spiro atoms. The van der Waals surface area contributed by atoms with E-state index in [1.54, 1.807) is 0 Å². The van der Waals surface area contributed by atoms with Crippen LogP contribution in [0.2, 0.25) is 0 Å². The van der Waals surface area contributed by atoms with E-state index in [2.05, 4.69) is 56.4 Å². The van der Waals surface area contributed by atoms with Gasteiger partial charge in [-0.15, -0.1) is 0 Å². The zero-order valence-electron chi connectivity index (χ0n) is 17.4. The third kappa shape index (κ3) is 5.92. The van der Waals surface area contributed by atoms with Crippen LogP contribution in [0.1, 0.15) is 95.2 Å². The Morgan fingerprint density at radius 2 is 1.48 bits per heavy atom. The van der Waals surface area contributed by atoms with Gasteiger partial charge in [-0.3, -0.25) is 4.98 Å². The van der Waals surface area contributed by atoms with E-state index < -0.39 is 0 Å². The van der Waals surface area contributed by atoms with Gasteiger partial charge in [0.15, 0.2) is 0 Å². The lowest BCUT2D eigenvalue weighted by molar-refractivity contribution is 0.315. The first kappa shape index (κ1) is 20.1. The number of unbranched alkanes of at least 4 members (excludes halogenated alkanes) is 4. The molecule has 0 aliphatic heterocycles. The van der Waals surface area contributed by atoms with Crippen molar-refractivity contribution in [2.24, 2.45) is 5.92 Å². The van der Waals surface area contributed by atoms with Crippen LogP contribution in [0.3, 0.4) is 0 Å². The minimum Gasteiger partial charge on any atom is -0.260 e. The number of hydrogen-bond acceptors (Lipinski definition) is 1. The number of rotatable bonds is 9. The largest absolute Gasteiger partial charge is 0.260 e. The van der Waals surface area contributed by atoms with E-state index in [0.29, 0.717) is 5.92 Å². The number of nitrogens with zero attached hydrogens (tertiary/aromatic N) is 1. The Kier molecular flexibility index (Phi) is 7.93. The Hall–Kier alpha value is -1.63. The second-order valence-electron chi connectivity index (χ2n) is 8.46. The third-order valence-corrected chi connectivity index (χ3v) is 6.49. The molecule has 0 bridgehead atoms. The number of benzene rings is 1. The highest BCUT2D eigenvalue weighted by Gasteiger charge is 2.22. The maximum absolute atomic E-state index is 4.83. The van der Waals surface area contributed by atoms with Crippen LogP contribution in [0.4, 0.5) is 0 Å². The highest BCUT2D eigenvalue weighted by atomic mass is 14.7. The summed E-state index contributed by atoms with van der Waals surface area (Å²) < 4.78 is 0. The van der Waals surface area contributed by atoms with Gasteiger partial charge in [-0.05, 0) is 61.6 Å². The Labute approximate surface area is 166 Å². The van der Waals surface area contributed by atoms with Crippen molar-refractivity contribution in [1.29, 1.82) is 0 Å². The fraction of sp³-hybridized carbons (Fsp3) is 0.577. The van der Waals surface area contributed by atoms with Crippen LogP contribution >= 0.6 is 0 Å². The van der Waals surface area contributed by atoms with Crippen molar-refractivity contribution in [3.63, 3.8) is 0 Å². The molecule has 1 aromatic heterocycles. The first-order valence-corrected chi connectivity index (χ1v) is 11.4. The van der Waals surface area contributed by atoms with Crippen molar-refractivity contribution in [1.82, 2.24) is 4.98 Å². The van der Waals surface area contributed by atoms with Crippen LogP contribution in [-0.2, 0) is 6.42 Å². The van der Waals surface area contributed by atoms with Crippen LogP contribution in [0.25, 0.3) is 11.1 Å². The van der Waals surface area contributed by atoms with Gasteiger partial charge in [0.2, 0.25) is 0 Å². The molecule has 1 aliphatic carbocycles. The van der Waals surface area contributed by atoms with Gasteiger partial charge in [-0.1, -0.05) is 76.3 Å². The fourth-order valence-corrected chi connectivity index (χ4v) is 4.48. The Balaban J connectivity index is 1.52. The van der Waals surface area contributed by atoms with E-state index in [0.717, 1.165) is 5.92 Å². The first-order valence-electron chi connectivity index (χ1n) is 11.4. The first-order chi connectivity index (χ1) is 13.3. The molecule has 0 saturated heterocycles. The maximum atomic E-state index is 4.83. The average molecular weight is 364 g/mol. The molecule has 1 heteroatoms. The molecule has 1 aromatic carbocycles. The Morgan fingerprint density at radius 3 is 2.11 bits per heavy atom. The molecule has 27 heavy (non-hydrogen) atoms. The van der Waals surface area contributed by atoms with Crippen LogP contribution in [0, 0.1) is 5.92 Å². The molecule has 0 atom stereocenters. The smallest absolute Gasteiger partial charge is 0.0434 e. The summed E-state index contributed by atoms with van der Waals surface area (Å²) in [7, 11) is 0. The quantitative estimate of drug-likeness (QED) is 0.412. The SMILES string of the molecule is CCCCCCCc1ccc(-c2ccc(C3CCC(CC)CC3)nc2)cc1. The van der Waals surface area contributed by atoms with E-state index >= 15 is 0 Å². The molecule has 146 valence electrons. The van der Waals surface area contributed by atoms with Gasteiger partial charge in [0, 0.05) is 23.4 Å². The van der Waals surface area contributed by atoms with Crippen molar-refractivity contribution >= 4 is 0 Å². The van der Waals surface area contributed by atoms with Gasteiger partial charge in [0.05, 0.1) is 0 Å². The predicted molar refractivity (Wildman–Crippen MR) is 117 cm³/mol. The summed E-state index contributed by atoms with van der Waals surface area (Å²) in [6.45, 7) is 4.60. The lowest BCUT2D eigenvalue weighted by atomic mass is 9.79. The van der Waals surface area contributed by atoms with Crippen LogP contribution in [0.15, 0.2) is 42.6 Å². The van der Waals surface area contributed by atoms with Gasteiger partial charge in [-0.2, -0.15) is 0 Å². The van der Waals surface area contributed by atoms with Crippen molar-refractivity contribution < 1.29 is 0 Å². The molecule has 1 aliphatic rings. The molecular formula is C26H37N. The van der Waals surface area contributed by atoms with Gasteiger partial charge < -0.3 is 0 Å². The van der Waals surface area contributed by atoms with Crippen LogP contribution in [0.5, 0.6) is 0 Å². The summed E-state index contributed by atoms with van der Waals surface area (Å²) in [6, 6.07) is 13.7. The molecule has 1 fully saturated rings. The van der Waals surface area contributed by atoms with Gasteiger partial charge >= 0.3 is 0 Å². The van der Waals surface area contributed by atoms with Crippen LogP contribution in [-0.4, -0.2) is 4.98 Å². The van der Waals surface area contributed by atoms with E-state index in [-0.39, 0.29) is 0 Å². The summed E-state index contributed by atoms with van der Waals surface area (Å²) in [5, 5.41) is 0. The highest BCUT2D eigenvalue weighted by molar-refractivity contribution is 5.62. The monoisotopic (exact) mass is 363 g/mol. The molecule has 1 heterocycles. The molecule has 1 nitrogen and oxygen atoms in total. The van der Waals surface area contributed by atoms with E-state index in [9.17, 15) is 0 Å². The van der Waals surface area contributed by atoms with Crippen molar-refractivity contribution in [2.45, 2.75) is 90.4 Å². The molecule has 0 radical (unpaired) electrons. The number of aryl methyl sites for hydroxylation is 1. The van der Waals surface area contributed by atoms with Crippen molar-refractivity contribution in [2.75, 3.05) is 0 Å². The molecule has 0 N–H and O–H groups in total. The minimum atomic E-state index is 0.678. The van der Waals surface area contributed by atoms with Gasteiger partial charge in [0.25, 0.3) is 0 Å². The van der Waals surface area contributed by atoms with E-state index in [1.807, 2.05) is 0 Å². The van der Waals surface area contributed by atoms with Crippen molar-refractivity contribution in [3.05, 3.63) is 53.9 Å². The summed E-state index contributed by atoms with van der Waals surface area (Å²) in [5.74, 6) is 1.63. The molecule has 0 amide bonds. The second-order valence-corrected chi connectivity index (χ2v) is 8.46. The van der Waals surface area contributed by atoms with E-state index in [1.165, 1.54) is 93.0 Å². The second kappa shape index (κ2) is 10.6. The van der Waals surface area contributed by atoms with E-state index in [4.69, 9.17) is 4.98 Å². The molecule has 1 saturated carbocycles. The molecule has 2 aromatic rings. The number of pyridine rings is 1. The average Bonchev–Trinajstić information content (AvgIpc) is 2.74. The normalized spacial score (nSPS) is 19.9. The summed E-state index contributed by atoms with van der Waals surface area (Å²) in [6.07, 6.45) is 16.8. The zero-order chi connectivity index (χ0) is 18.9. The molecule has 0 unspecified atom stereocenters. The van der Waals surface area contributed by atoms with Gasteiger partial charge in [-0.25, -0.2) is 0 Å². The summed E-state index contributed by atoms with van der Waals surface area (Å²) in [4.78, 5) is 4.83. The van der Waals surface area contributed by atoms with Gasteiger partial charge in [0.1, 0.15) is 0 Å². The highest BCUT2D eigenvalue weighted by Crippen LogP contribution is 2.36. The Bertz CT molecular complexity index is 648. The van der Waals surface area contributed by atoms with Crippen LogP contribution < -0.4 is 0 Å². The number of hydrogen-bond donors (Lipinski definition) is 0. The fourth-order valence-electron chi connectivity index (χ4n) is 4.48. The lowest BCUT2D eigenvalue weighted by Crippen LogP contribution is -2.13. The number of aromatic nitrogens is 1. The van der Waals surface area contributed by atoms with Crippen molar-refractivity contribution in [3.8, 4) is 11.1 Å². The summed E-state index contributed by atoms with van der Waals surface area (Å²) >= 11 is 0.